The van der Waals surface area contributed by atoms with E-state index in [1.54, 1.807) is 6.92 Å². The number of aliphatic hydroxyl groups excluding tert-OH is 3. The van der Waals surface area contributed by atoms with E-state index in [4.69, 9.17) is 9.47 Å². The van der Waals surface area contributed by atoms with Crippen LogP contribution in [0.2, 0.25) is 0 Å². The van der Waals surface area contributed by atoms with Gasteiger partial charge in [0.25, 0.3) is 0 Å². The number of hydrogen-bond acceptors (Lipinski definition) is 7. The molecule has 0 spiro atoms. The standard InChI is InChI=1S/C20H34O7/c1-6-7-8-9-17(26-18(24)14(2)3)27-19(25)15(4)10-20(12-22,13-23)16(5)11-21/h10,16-17,21-23H,2,6-9,11-13H2,1,3-5H3. The van der Waals surface area contributed by atoms with Crippen molar-refractivity contribution in [3.05, 3.63) is 23.8 Å². The summed E-state index contributed by atoms with van der Waals surface area (Å²) in [6.07, 6.45) is 3.32. The van der Waals surface area contributed by atoms with Crippen molar-refractivity contribution in [1.29, 1.82) is 0 Å². The van der Waals surface area contributed by atoms with Crippen molar-refractivity contribution < 1.29 is 34.4 Å². The van der Waals surface area contributed by atoms with Gasteiger partial charge in [0.05, 0.1) is 13.2 Å². The van der Waals surface area contributed by atoms with Gasteiger partial charge in [-0.15, -0.1) is 0 Å². The first kappa shape index (κ1) is 25.3. The van der Waals surface area contributed by atoms with Gasteiger partial charge in [0.15, 0.2) is 0 Å². The minimum absolute atomic E-state index is 0.144. The second kappa shape index (κ2) is 12.6. The van der Waals surface area contributed by atoms with E-state index in [-0.39, 0.29) is 17.8 Å². The molecule has 0 aliphatic heterocycles. The lowest BCUT2D eigenvalue weighted by Crippen LogP contribution is -2.37. The maximum Gasteiger partial charge on any atom is 0.336 e. The number of carbonyl (C=O) groups excluding carboxylic acids is 2. The van der Waals surface area contributed by atoms with E-state index in [0.717, 1.165) is 19.3 Å². The molecule has 0 heterocycles. The molecule has 0 aromatic rings. The van der Waals surface area contributed by atoms with Crippen LogP contribution in [0, 0.1) is 11.3 Å². The first-order valence-electron chi connectivity index (χ1n) is 9.26. The first-order valence-corrected chi connectivity index (χ1v) is 9.26. The zero-order valence-corrected chi connectivity index (χ0v) is 16.9. The molecule has 0 bridgehead atoms. The van der Waals surface area contributed by atoms with Gasteiger partial charge in [-0.2, -0.15) is 0 Å². The third-order valence-electron chi connectivity index (χ3n) is 4.54. The molecule has 27 heavy (non-hydrogen) atoms. The number of ether oxygens (including phenoxy) is 2. The Balaban J connectivity index is 5.30. The Morgan fingerprint density at radius 2 is 1.63 bits per heavy atom. The molecule has 0 aromatic heterocycles. The van der Waals surface area contributed by atoms with Gasteiger partial charge in [-0.3, -0.25) is 0 Å². The molecule has 0 aliphatic carbocycles. The normalized spacial score (nSPS) is 14.4. The minimum Gasteiger partial charge on any atom is -0.422 e. The summed E-state index contributed by atoms with van der Waals surface area (Å²) in [6, 6.07) is 0. The molecular formula is C20H34O7. The molecule has 0 radical (unpaired) electrons. The van der Waals surface area contributed by atoms with Crippen LogP contribution in [0.4, 0.5) is 0 Å². The maximum atomic E-state index is 12.4. The Hall–Kier alpha value is -1.70. The molecule has 0 rings (SSSR count). The van der Waals surface area contributed by atoms with Gasteiger partial charge in [0.2, 0.25) is 6.29 Å². The zero-order chi connectivity index (χ0) is 21.0. The van der Waals surface area contributed by atoms with Gasteiger partial charge in [-0.1, -0.05) is 39.3 Å². The molecule has 7 heteroatoms. The van der Waals surface area contributed by atoms with Crippen molar-refractivity contribution in [3.8, 4) is 0 Å². The number of esters is 2. The summed E-state index contributed by atoms with van der Waals surface area (Å²) in [5.74, 6) is -1.83. The lowest BCUT2D eigenvalue weighted by Gasteiger charge is -2.32. The average Bonchev–Trinajstić information content (AvgIpc) is 2.65. The molecule has 0 amide bonds. The smallest absolute Gasteiger partial charge is 0.336 e. The highest BCUT2D eigenvalue weighted by atomic mass is 16.7. The summed E-state index contributed by atoms with van der Waals surface area (Å²) >= 11 is 0. The van der Waals surface area contributed by atoms with Gasteiger partial charge in [-0.05, 0) is 26.2 Å². The highest BCUT2D eigenvalue weighted by molar-refractivity contribution is 5.89. The van der Waals surface area contributed by atoms with Crippen LogP contribution in [0.25, 0.3) is 0 Å². The van der Waals surface area contributed by atoms with Crippen molar-refractivity contribution in [3.63, 3.8) is 0 Å². The summed E-state index contributed by atoms with van der Waals surface area (Å²) in [4.78, 5) is 24.2. The van der Waals surface area contributed by atoms with Gasteiger partial charge < -0.3 is 24.8 Å². The SMILES string of the molecule is C=C(C)C(=O)OC(CCCCC)OC(=O)C(C)=CC(CO)(CO)C(C)CO. The van der Waals surface area contributed by atoms with Crippen molar-refractivity contribution in [2.24, 2.45) is 11.3 Å². The summed E-state index contributed by atoms with van der Waals surface area (Å²) in [5, 5.41) is 28.7. The highest BCUT2D eigenvalue weighted by Crippen LogP contribution is 2.30. The van der Waals surface area contributed by atoms with E-state index < -0.39 is 42.8 Å². The van der Waals surface area contributed by atoms with Crippen LogP contribution < -0.4 is 0 Å². The van der Waals surface area contributed by atoms with Crippen molar-refractivity contribution in [1.82, 2.24) is 0 Å². The fraction of sp³-hybridized carbons (Fsp3) is 0.700. The Bertz CT molecular complexity index is 520. The third-order valence-corrected chi connectivity index (χ3v) is 4.54. The van der Waals surface area contributed by atoms with E-state index >= 15 is 0 Å². The molecular weight excluding hydrogens is 352 g/mol. The fourth-order valence-corrected chi connectivity index (χ4v) is 2.40. The van der Waals surface area contributed by atoms with Crippen LogP contribution in [0.5, 0.6) is 0 Å². The van der Waals surface area contributed by atoms with Gasteiger partial charge in [0, 0.05) is 29.6 Å². The van der Waals surface area contributed by atoms with Crippen molar-refractivity contribution in [2.45, 2.75) is 59.7 Å². The number of aliphatic hydroxyl groups is 3. The monoisotopic (exact) mass is 386 g/mol. The van der Waals surface area contributed by atoms with Gasteiger partial charge >= 0.3 is 11.9 Å². The van der Waals surface area contributed by atoms with Crippen molar-refractivity contribution in [2.75, 3.05) is 19.8 Å². The molecule has 0 aliphatic rings. The molecule has 156 valence electrons. The summed E-state index contributed by atoms with van der Waals surface area (Å²) in [7, 11) is 0. The number of carbonyl (C=O) groups is 2. The Morgan fingerprint density at radius 1 is 1.07 bits per heavy atom. The number of hydrogen-bond donors (Lipinski definition) is 3. The second-order valence-corrected chi connectivity index (χ2v) is 6.98. The van der Waals surface area contributed by atoms with Crippen LogP contribution in [0.1, 0.15) is 53.4 Å². The van der Waals surface area contributed by atoms with Crippen LogP contribution in [0.15, 0.2) is 23.8 Å². The second-order valence-electron chi connectivity index (χ2n) is 6.98. The predicted molar refractivity (Wildman–Crippen MR) is 102 cm³/mol. The lowest BCUT2D eigenvalue weighted by molar-refractivity contribution is -0.183. The molecule has 0 aromatic carbocycles. The van der Waals surface area contributed by atoms with E-state index in [9.17, 15) is 24.9 Å². The van der Waals surface area contributed by atoms with Gasteiger partial charge in [-0.25, -0.2) is 9.59 Å². The topological polar surface area (TPSA) is 113 Å². The van der Waals surface area contributed by atoms with Crippen LogP contribution >= 0.6 is 0 Å². The molecule has 0 fully saturated rings. The van der Waals surface area contributed by atoms with Crippen LogP contribution in [-0.2, 0) is 19.1 Å². The highest BCUT2D eigenvalue weighted by Gasteiger charge is 2.34. The predicted octanol–water partition coefficient (Wildman–Crippen LogP) is 2.10. The molecule has 7 nitrogen and oxygen atoms in total. The van der Waals surface area contributed by atoms with E-state index in [2.05, 4.69) is 6.58 Å². The summed E-state index contributed by atoms with van der Waals surface area (Å²) < 4.78 is 10.5. The zero-order valence-electron chi connectivity index (χ0n) is 16.9. The van der Waals surface area contributed by atoms with Crippen molar-refractivity contribution >= 4 is 11.9 Å². The first-order chi connectivity index (χ1) is 12.7. The summed E-state index contributed by atoms with van der Waals surface area (Å²) in [6.45, 7) is 9.03. The van der Waals surface area contributed by atoms with Crippen LogP contribution in [0.3, 0.4) is 0 Å². The Kier molecular flexibility index (Phi) is 11.8. The minimum atomic E-state index is -1.16. The largest absolute Gasteiger partial charge is 0.422 e. The fourth-order valence-electron chi connectivity index (χ4n) is 2.40. The van der Waals surface area contributed by atoms with E-state index in [0.29, 0.717) is 6.42 Å². The summed E-state index contributed by atoms with van der Waals surface area (Å²) in [5.41, 5.74) is -0.815. The third kappa shape index (κ3) is 8.24. The number of unbranched alkanes of at least 4 members (excludes halogenated alkanes) is 2. The number of rotatable bonds is 13. The van der Waals surface area contributed by atoms with E-state index in [1.165, 1.54) is 19.9 Å². The van der Waals surface area contributed by atoms with E-state index in [1.807, 2.05) is 6.92 Å². The lowest BCUT2D eigenvalue weighted by atomic mass is 9.76. The molecule has 2 unspecified atom stereocenters. The Morgan fingerprint density at radius 3 is 2.07 bits per heavy atom. The molecule has 2 atom stereocenters. The Labute approximate surface area is 161 Å². The average molecular weight is 386 g/mol. The molecule has 0 saturated heterocycles. The molecule has 3 N–H and O–H groups in total. The molecule has 0 saturated carbocycles. The maximum absolute atomic E-state index is 12.4. The van der Waals surface area contributed by atoms with Crippen LogP contribution in [-0.4, -0.2) is 53.4 Å². The van der Waals surface area contributed by atoms with Gasteiger partial charge in [0.1, 0.15) is 0 Å². The quantitative estimate of drug-likeness (QED) is 0.192.